The SMILES string of the molecule is CCCCOc1ccc(C(Nc2ccc(F)cc2)C(CCC(=O)c2ccc(F)cc2)C(=O)OCC)cc1. The van der Waals surface area contributed by atoms with Gasteiger partial charge in [0.05, 0.1) is 25.2 Å². The molecule has 3 aromatic carbocycles. The van der Waals surface area contributed by atoms with E-state index in [0.717, 1.165) is 24.2 Å². The maximum atomic E-state index is 13.5. The molecule has 0 bridgehead atoms. The Balaban J connectivity index is 1.88. The second-order valence-electron chi connectivity index (χ2n) is 8.73. The number of nitrogens with one attached hydrogen (secondary N) is 1. The average Bonchev–Trinajstić information content (AvgIpc) is 2.90. The molecule has 0 aliphatic carbocycles. The Labute approximate surface area is 216 Å². The third-order valence-corrected chi connectivity index (χ3v) is 6.01. The number of benzene rings is 3. The minimum atomic E-state index is -0.721. The van der Waals surface area contributed by atoms with Crippen LogP contribution >= 0.6 is 0 Å². The average molecular weight is 510 g/mol. The fourth-order valence-electron chi connectivity index (χ4n) is 3.98. The van der Waals surface area contributed by atoms with Gasteiger partial charge in [-0.2, -0.15) is 0 Å². The fraction of sp³-hybridized carbons (Fsp3) is 0.333. The number of halogens is 2. The summed E-state index contributed by atoms with van der Waals surface area (Å²) in [5.41, 5.74) is 1.79. The summed E-state index contributed by atoms with van der Waals surface area (Å²) in [6.45, 7) is 4.62. The van der Waals surface area contributed by atoms with Crippen LogP contribution in [0.3, 0.4) is 0 Å². The molecule has 37 heavy (non-hydrogen) atoms. The first-order valence-corrected chi connectivity index (χ1v) is 12.6. The van der Waals surface area contributed by atoms with Crippen molar-refractivity contribution in [1.29, 1.82) is 0 Å². The molecule has 0 aliphatic heterocycles. The Morgan fingerprint density at radius 2 is 1.49 bits per heavy atom. The van der Waals surface area contributed by atoms with Gasteiger partial charge in [-0.15, -0.1) is 0 Å². The van der Waals surface area contributed by atoms with Crippen molar-refractivity contribution in [3.63, 3.8) is 0 Å². The van der Waals surface area contributed by atoms with Crippen LogP contribution in [0.5, 0.6) is 5.75 Å². The number of anilines is 1. The van der Waals surface area contributed by atoms with E-state index in [1.807, 2.05) is 24.3 Å². The summed E-state index contributed by atoms with van der Waals surface area (Å²) in [4.78, 5) is 25.9. The van der Waals surface area contributed by atoms with E-state index in [-0.39, 0.29) is 31.0 Å². The Bertz CT molecular complexity index is 1130. The summed E-state index contributed by atoms with van der Waals surface area (Å²) in [6, 6.07) is 18.1. The Morgan fingerprint density at radius 3 is 2.08 bits per heavy atom. The zero-order chi connectivity index (χ0) is 26.6. The lowest BCUT2D eigenvalue weighted by Crippen LogP contribution is -2.30. The predicted octanol–water partition coefficient (Wildman–Crippen LogP) is 7.14. The van der Waals surface area contributed by atoms with Gasteiger partial charge >= 0.3 is 5.97 Å². The number of rotatable bonds is 14. The highest BCUT2D eigenvalue weighted by Crippen LogP contribution is 2.33. The van der Waals surface area contributed by atoms with Crippen molar-refractivity contribution in [3.8, 4) is 5.75 Å². The first-order valence-electron chi connectivity index (χ1n) is 12.6. The van der Waals surface area contributed by atoms with Crippen molar-refractivity contribution in [3.05, 3.63) is 95.6 Å². The maximum absolute atomic E-state index is 13.5. The lowest BCUT2D eigenvalue weighted by molar-refractivity contribution is -0.148. The lowest BCUT2D eigenvalue weighted by Gasteiger charge is -2.28. The molecule has 3 aromatic rings. The predicted molar refractivity (Wildman–Crippen MR) is 140 cm³/mol. The van der Waals surface area contributed by atoms with E-state index in [0.29, 0.717) is 17.9 Å². The van der Waals surface area contributed by atoms with Crippen LogP contribution in [-0.4, -0.2) is 25.0 Å². The van der Waals surface area contributed by atoms with E-state index in [1.54, 1.807) is 19.1 Å². The summed E-state index contributed by atoms with van der Waals surface area (Å²) in [5.74, 6) is -1.45. The van der Waals surface area contributed by atoms with E-state index in [2.05, 4.69) is 12.2 Å². The number of Topliss-reactive ketones (excluding diaryl/α,β-unsaturated/α-hetero) is 1. The molecular weight excluding hydrogens is 476 g/mol. The van der Waals surface area contributed by atoms with Crippen molar-refractivity contribution in [2.75, 3.05) is 18.5 Å². The second kappa shape index (κ2) is 14.1. The number of ketones is 1. The molecular formula is C30H33F2NO4. The van der Waals surface area contributed by atoms with Gasteiger partial charge in [-0.05, 0) is 86.0 Å². The van der Waals surface area contributed by atoms with Gasteiger partial charge in [0.15, 0.2) is 5.78 Å². The molecule has 0 spiro atoms. The number of ether oxygens (including phenoxy) is 2. The molecule has 3 rings (SSSR count). The molecule has 0 radical (unpaired) electrons. The standard InChI is InChI=1S/C30H33F2NO4/c1-3-5-20-37-26-16-8-22(9-17-26)29(33-25-14-12-24(32)13-15-25)27(30(35)36-4-2)18-19-28(34)21-6-10-23(31)11-7-21/h6-17,27,29,33H,3-5,18-20H2,1-2H3. The molecule has 5 nitrogen and oxygen atoms in total. The lowest BCUT2D eigenvalue weighted by atomic mass is 9.87. The van der Waals surface area contributed by atoms with Crippen LogP contribution in [0.25, 0.3) is 0 Å². The van der Waals surface area contributed by atoms with E-state index in [4.69, 9.17) is 9.47 Å². The van der Waals surface area contributed by atoms with Crippen molar-refractivity contribution in [2.24, 2.45) is 5.92 Å². The Hall–Kier alpha value is -3.74. The van der Waals surface area contributed by atoms with Crippen LogP contribution < -0.4 is 10.1 Å². The van der Waals surface area contributed by atoms with E-state index >= 15 is 0 Å². The molecule has 196 valence electrons. The quantitative estimate of drug-likeness (QED) is 0.142. The minimum Gasteiger partial charge on any atom is -0.494 e. The number of hydrogen-bond donors (Lipinski definition) is 1. The van der Waals surface area contributed by atoms with Crippen molar-refractivity contribution < 1.29 is 27.8 Å². The van der Waals surface area contributed by atoms with Gasteiger partial charge in [0, 0.05) is 17.7 Å². The van der Waals surface area contributed by atoms with Gasteiger partial charge < -0.3 is 14.8 Å². The molecule has 1 N–H and O–H groups in total. The van der Waals surface area contributed by atoms with Gasteiger partial charge in [-0.1, -0.05) is 25.5 Å². The molecule has 0 aliphatic rings. The number of esters is 1. The van der Waals surface area contributed by atoms with Crippen LogP contribution in [0, 0.1) is 17.6 Å². The van der Waals surface area contributed by atoms with Crippen molar-refractivity contribution >= 4 is 17.4 Å². The minimum absolute atomic E-state index is 0.0644. The first kappa shape index (κ1) is 27.8. The summed E-state index contributed by atoms with van der Waals surface area (Å²) in [7, 11) is 0. The summed E-state index contributed by atoms with van der Waals surface area (Å²) < 4.78 is 38.0. The van der Waals surface area contributed by atoms with Gasteiger partial charge in [-0.25, -0.2) is 8.78 Å². The van der Waals surface area contributed by atoms with Crippen LogP contribution in [0.2, 0.25) is 0 Å². The van der Waals surface area contributed by atoms with Gasteiger partial charge in [-0.3, -0.25) is 9.59 Å². The normalized spacial score (nSPS) is 12.4. The number of unbranched alkanes of at least 4 members (excludes halogenated alkanes) is 1. The highest BCUT2D eigenvalue weighted by molar-refractivity contribution is 5.96. The van der Waals surface area contributed by atoms with Crippen LogP contribution in [0.1, 0.15) is 61.5 Å². The molecule has 2 atom stereocenters. The van der Waals surface area contributed by atoms with Gasteiger partial charge in [0.1, 0.15) is 17.4 Å². The fourth-order valence-corrected chi connectivity index (χ4v) is 3.98. The Kier molecular flexibility index (Phi) is 10.6. The van der Waals surface area contributed by atoms with Crippen LogP contribution in [0.15, 0.2) is 72.8 Å². The van der Waals surface area contributed by atoms with Crippen molar-refractivity contribution in [1.82, 2.24) is 0 Å². The highest BCUT2D eigenvalue weighted by atomic mass is 19.1. The molecule has 0 heterocycles. The number of carbonyl (C=O) groups is 2. The third-order valence-electron chi connectivity index (χ3n) is 6.01. The third kappa shape index (κ3) is 8.41. The largest absolute Gasteiger partial charge is 0.494 e. The second-order valence-corrected chi connectivity index (χ2v) is 8.73. The highest BCUT2D eigenvalue weighted by Gasteiger charge is 2.32. The van der Waals surface area contributed by atoms with Gasteiger partial charge in [0.25, 0.3) is 0 Å². The number of hydrogen-bond acceptors (Lipinski definition) is 5. The zero-order valence-electron chi connectivity index (χ0n) is 21.2. The van der Waals surface area contributed by atoms with E-state index < -0.39 is 23.7 Å². The number of carbonyl (C=O) groups excluding carboxylic acids is 2. The summed E-state index contributed by atoms with van der Waals surface area (Å²) in [5, 5.41) is 3.34. The van der Waals surface area contributed by atoms with E-state index in [9.17, 15) is 18.4 Å². The first-order chi connectivity index (χ1) is 17.9. The van der Waals surface area contributed by atoms with E-state index in [1.165, 1.54) is 36.4 Å². The molecule has 7 heteroatoms. The van der Waals surface area contributed by atoms with Gasteiger partial charge in [0.2, 0.25) is 0 Å². The maximum Gasteiger partial charge on any atom is 0.311 e. The smallest absolute Gasteiger partial charge is 0.311 e. The van der Waals surface area contributed by atoms with Crippen molar-refractivity contribution in [2.45, 2.75) is 45.6 Å². The Morgan fingerprint density at radius 1 is 0.865 bits per heavy atom. The molecule has 0 fully saturated rings. The topological polar surface area (TPSA) is 64.6 Å². The summed E-state index contributed by atoms with van der Waals surface area (Å²) >= 11 is 0. The monoisotopic (exact) mass is 509 g/mol. The van der Waals surface area contributed by atoms with Crippen LogP contribution in [-0.2, 0) is 9.53 Å². The molecule has 2 unspecified atom stereocenters. The molecule has 0 amide bonds. The molecule has 0 aromatic heterocycles. The summed E-state index contributed by atoms with van der Waals surface area (Å²) in [6.07, 6.45) is 2.24. The van der Waals surface area contributed by atoms with Crippen LogP contribution in [0.4, 0.5) is 14.5 Å². The molecule has 0 saturated carbocycles. The zero-order valence-corrected chi connectivity index (χ0v) is 21.2. The molecule has 0 saturated heterocycles.